The minimum atomic E-state index is -3.55. The molecule has 2 aromatic rings. The molecule has 0 unspecified atom stereocenters. The van der Waals surface area contributed by atoms with Gasteiger partial charge >= 0.3 is 0 Å². The van der Waals surface area contributed by atoms with Crippen molar-refractivity contribution < 1.29 is 13.2 Å². The maximum Gasteiger partial charge on any atom is 0.258 e. The Balaban J connectivity index is 1.54. The maximum atomic E-state index is 13.1. The Morgan fingerprint density at radius 2 is 1.66 bits per heavy atom. The van der Waals surface area contributed by atoms with Gasteiger partial charge in [0, 0.05) is 30.9 Å². The molecule has 29 heavy (non-hydrogen) atoms. The number of fused-ring (bicyclic) bond motifs is 1. The lowest BCUT2D eigenvalue weighted by Crippen LogP contribution is -2.38. The fraction of sp³-hybridized carbons (Fsp3) is 0.435. The number of benzene rings is 2. The first-order valence-corrected chi connectivity index (χ1v) is 11.9. The molecule has 1 fully saturated rings. The van der Waals surface area contributed by atoms with E-state index in [2.05, 4.69) is 6.07 Å². The lowest BCUT2D eigenvalue weighted by molar-refractivity contribution is 0.0985. The van der Waals surface area contributed by atoms with Crippen LogP contribution in [0.4, 0.5) is 5.69 Å². The first-order chi connectivity index (χ1) is 14.0. The van der Waals surface area contributed by atoms with E-state index in [4.69, 9.17) is 0 Å². The Kier molecular flexibility index (Phi) is 5.74. The molecule has 0 spiro atoms. The summed E-state index contributed by atoms with van der Waals surface area (Å²) in [7, 11) is -1.87. The van der Waals surface area contributed by atoms with Gasteiger partial charge in [-0.3, -0.25) is 4.79 Å². The number of nitrogens with zero attached hydrogens (tertiary/aromatic N) is 2. The number of aryl methyl sites for hydroxylation is 1. The predicted molar refractivity (Wildman–Crippen MR) is 115 cm³/mol. The topological polar surface area (TPSA) is 57.7 Å². The highest BCUT2D eigenvalue weighted by Crippen LogP contribution is 2.29. The largest absolute Gasteiger partial charge is 0.308 e. The molecule has 1 saturated carbocycles. The van der Waals surface area contributed by atoms with Crippen molar-refractivity contribution in [1.29, 1.82) is 0 Å². The molecule has 0 aromatic heterocycles. The molecular formula is C23H28N2O3S. The quantitative estimate of drug-likeness (QED) is 0.755. The van der Waals surface area contributed by atoms with Crippen LogP contribution in [0, 0.1) is 0 Å². The van der Waals surface area contributed by atoms with Crippen molar-refractivity contribution in [1.82, 2.24) is 4.31 Å². The van der Waals surface area contributed by atoms with Crippen molar-refractivity contribution in [3.8, 4) is 0 Å². The second-order valence-corrected chi connectivity index (χ2v) is 10.0. The molecule has 0 atom stereocenters. The van der Waals surface area contributed by atoms with Crippen LogP contribution in [0.5, 0.6) is 0 Å². The molecule has 1 aliphatic carbocycles. The number of anilines is 1. The van der Waals surface area contributed by atoms with Crippen LogP contribution in [0.25, 0.3) is 0 Å². The maximum absolute atomic E-state index is 13.1. The first-order valence-electron chi connectivity index (χ1n) is 10.5. The second kappa shape index (κ2) is 8.28. The Hall–Kier alpha value is -2.18. The zero-order valence-electron chi connectivity index (χ0n) is 16.9. The highest BCUT2D eigenvalue weighted by Gasteiger charge is 2.29. The number of hydrogen-bond acceptors (Lipinski definition) is 3. The summed E-state index contributed by atoms with van der Waals surface area (Å²) in [6.07, 6.45) is 7.08. The van der Waals surface area contributed by atoms with Crippen molar-refractivity contribution in [3.63, 3.8) is 0 Å². The highest BCUT2D eigenvalue weighted by atomic mass is 32.2. The van der Waals surface area contributed by atoms with E-state index < -0.39 is 10.0 Å². The third-order valence-electron chi connectivity index (χ3n) is 6.22. The standard InChI is InChI=1S/C23H28N2O3S/c1-24(20-10-3-2-4-11-20)29(27,28)21-15-13-19(14-16-21)23(26)25-17-7-9-18-8-5-6-12-22(18)25/h5-6,8,12-16,20H,2-4,7,9-11,17H2,1H3. The van der Waals surface area contributed by atoms with Gasteiger partial charge in [-0.25, -0.2) is 8.42 Å². The first kappa shape index (κ1) is 20.1. The molecule has 2 aromatic carbocycles. The van der Waals surface area contributed by atoms with Gasteiger partial charge in [-0.2, -0.15) is 4.31 Å². The van der Waals surface area contributed by atoms with Crippen molar-refractivity contribution in [3.05, 3.63) is 59.7 Å². The van der Waals surface area contributed by atoms with E-state index in [9.17, 15) is 13.2 Å². The van der Waals surface area contributed by atoms with Gasteiger partial charge in [0.25, 0.3) is 5.91 Å². The van der Waals surface area contributed by atoms with Gasteiger partial charge in [-0.05, 0) is 61.6 Å². The van der Waals surface area contributed by atoms with Gasteiger partial charge in [0.1, 0.15) is 0 Å². The van der Waals surface area contributed by atoms with E-state index in [1.165, 1.54) is 16.3 Å². The zero-order valence-corrected chi connectivity index (χ0v) is 17.7. The summed E-state index contributed by atoms with van der Waals surface area (Å²) in [5, 5.41) is 0. The van der Waals surface area contributed by atoms with Crippen molar-refractivity contribution in [2.75, 3.05) is 18.5 Å². The molecule has 0 N–H and O–H groups in total. The van der Waals surface area contributed by atoms with E-state index in [1.807, 2.05) is 18.2 Å². The van der Waals surface area contributed by atoms with Gasteiger partial charge in [0.05, 0.1) is 4.90 Å². The Labute approximate surface area is 173 Å². The lowest BCUT2D eigenvalue weighted by Gasteiger charge is -2.30. The van der Waals surface area contributed by atoms with E-state index >= 15 is 0 Å². The molecule has 0 bridgehead atoms. The van der Waals surface area contributed by atoms with Crippen LogP contribution in [-0.2, 0) is 16.4 Å². The number of hydrogen-bond donors (Lipinski definition) is 0. The third kappa shape index (κ3) is 3.96. The van der Waals surface area contributed by atoms with Crippen LogP contribution in [0.3, 0.4) is 0 Å². The van der Waals surface area contributed by atoms with Gasteiger partial charge in [0.2, 0.25) is 10.0 Å². The van der Waals surface area contributed by atoms with Gasteiger partial charge in [0.15, 0.2) is 0 Å². The molecular weight excluding hydrogens is 384 g/mol. The van der Waals surface area contributed by atoms with Crippen LogP contribution >= 0.6 is 0 Å². The Morgan fingerprint density at radius 1 is 0.966 bits per heavy atom. The summed E-state index contributed by atoms with van der Waals surface area (Å²) < 4.78 is 27.5. The summed E-state index contributed by atoms with van der Waals surface area (Å²) in [6.45, 7) is 0.681. The summed E-state index contributed by atoms with van der Waals surface area (Å²) in [4.78, 5) is 15.1. The van der Waals surface area contributed by atoms with E-state index in [1.54, 1.807) is 36.2 Å². The highest BCUT2D eigenvalue weighted by molar-refractivity contribution is 7.89. The Morgan fingerprint density at radius 3 is 2.38 bits per heavy atom. The third-order valence-corrected chi connectivity index (χ3v) is 8.15. The smallest absolute Gasteiger partial charge is 0.258 e. The number of sulfonamides is 1. The van der Waals surface area contributed by atoms with E-state index in [0.717, 1.165) is 44.2 Å². The van der Waals surface area contributed by atoms with Crippen LogP contribution in [-0.4, -0.2) is 38.3 Å². The second-order valence-electron chi connectivity index (χ2n) is 8.03. The minimum Gasteiger partial charge on any atom is -0.308 e. The summed E-state index contributed by atoms with van der Waals surface area (Å²) in [5.41, 5.74) is 2.65. The van der Waals surface area contributed by atoms with Gasteiger partial charge < -0.3 is 4.90 Å². The lowest BCUT2D eigenvalue weighted by atomic mass is 9.96. The average molecular weight is 413 g/mol. The molecule has 6 heteroatoms. The van der Waals surface area contributed by atoms with E-state index in [-0.39, 0.29) is 16.8 Å². The molecule has 0 radical (unpaired) electrons. The molecule has 0 saturated heterocycles. The number of amides is 1. The summed E-state index contributed by atoms with van der Waals surface area (Å²) in [5.74, 6) is -0.0817. The zero-order chi connectivity index (χ0) is 20.4. The normalized spacial score (nSPS) is 17.9. The van der Waals surface area contributed by atoms with Crippen LogP contribution in [0.2, 0.25) is 0 Å². The minimum absolute atomic E-state index is 0.0694. The molecule has 5 nitrogen and oxygen atoms in total. The summed E-state index contributed by atoms with van der Waals surface area (Å²) in [6, 6.07) is 14.5. The SMILES string of the molecule is CN(C1CCCCC1)S(=O)(=O)c1ccc(C(=O)N2CCCc3ccccc32)cc1. The molecule has 4 rings (SSSR count). The van der Waals surface area contributed by atoms with Crippen LogP contribution < -0.4 is 4.90 Å². The number of rotatable bonds is 4. The van der Waals surface area contributed by atoms with E-state index in [0.29, 0.717) is 12.1 Å². The monoisotopic (exact) mass is 412 g/mol. The van der Waals surface area contributed by atoms with Gasteiger partial charge in [-0.15, -0.1) is 0 Å². The fourth-order valence-electron chi connectivity index (χ4n) is 4.48. The fourth-order valence-corrected chi connectivity index (χ4v) is 5.89. The molecule has 1 heterocycles. The predicted octanol–water partition coefficient (Wildman–Crippen LogP) is 4.23. The van der Waals surface area contributed by atoms with Crippen molar-refractivity contribution in [2.45, 2.75) is 55.9 Å². The summed E-state index contributed by atoms with van der Waals surface area (Å²) >= 11 is 0. The molecule has 154 valence electrons. The molecule has 1 aliphatic heterocycles. The number of para-hydroxylation sites is 1. The van der Waals surface area contributed by atoms with Crippen molar-refractivity contribution >= 4 is 21.6 Å². The Bertz CT molecular complexity index is 979. The van der Waals surface area contributed by atoms with Crippen LogP contribution in [0.1, 0.15) is 54.4 Å². The number of carbonyl (C=O) groups excluding carboxylic acids is 1. The molecule has 2 aliphatic rings. The average Bonchev–Trinajstić information content (AvgIpc) is 2.78. The van der Waals surface area contributed by atoms with Crippen LogP contribution in [0.15, 0.2) is 53.4 Å². The van der Waals surface area contributed by atoms with Gasteiger partial charge in [-0.1, -0.05) is 37.5 Å². The number of carbonyl (C=O) groups is 1. The van der Waals surface area contributed by atoms with Crippen molar-refractivity contribution in [2.24, 2.45) is 0 Å². The molecule has 1 amide bonds.